The van der Waals surface area contributed by atoms with Gasteiger partial charge in [0.15, 0.2) is 0 Å². The Labute approximate surface area is 127 Å². The van der Waals surface area contributed by atoms with E-state index in [1.165, 1.54) is 43.2 Å². The highest BCUT2D eigenvalue weighted by atomic mass is 16.1. The molecule has 3 nitrogen and oxygen atoms in total. The van der Waals surface area contributed by atoms with E-state index in [-0.39, 0.29) is 5.91 Å². The van der Waals surface area contributed by atoms with Crippen molar-refractivity contribution in [3.8, 4) is 0 Å². The van der Waals surface area contributed by atoms with Crippen LogP contribution in [0.25, 0.3) is 0 Å². The van der Waals surface area contributed by atoms with Gasteiger partial charge in [-0.25, -0.2) is 0 Å². The highest BCUT2D eigenvalue weighted by Crippen LogP contribution is 2.28. The SMILES string of the molecule is O=C(CCC1CCCCC1)Nc1cccc2c1CCNC2. The third-order valence-electron chi connectivity index (χ3n) is 4.92. The van der Waals surface area contributed by atoms with Crippen molar-refractivity contribution in [1.82, 2.24) is 5.32 Å². The van der Waals surface area contributed by atoms with Crippen molar-refractivity contribution in [2.45, 2.75) is 57.9 Å². The van der Waals surface area contributed by atoms with Crippen molar-refractivity contribution < 1.29 is 4.79 Å². The summed E-state index contributed by atoms with van der Waals surface area (Å²) in [5, 5.41) is 6.52. The van der Waals surface area contributed by atoms with Gasteiger partial charge in [-0.15, -0.1) is 0 Å². The van der Waals surface area contributed by atoms with Crippen molar-refractivity contribution in [2.24, 2.45) is 5.92 Å². The van der Waals surface area contributed by atoms with Crippen LogP contribution in [0.5, 0.6) is 0 Å². The summed E-state index contributed by atoms with van der Waals surface area (Å²) in [6.45, 7) is 1.92. The van der Waals surface area contributed by atoms with Crippen molar-refractivity contribution >= 4 is 11.6 Å². The van der Waals surface area contributed by atoms with Crippen LogP contribution in [0, 0.1) is 5.92 Å². The third-order valence-corrected chi connectivity index (χ3v) is 4.92. The van der Waals surface area contributed by atoms with E-state index in [1.807, 2.05) is 12.1 Å². The minimum atomic E-state index is 0.188. The van der Waals surface area contributed by atoms with E-state index < -0.39 is 0 Å². The first kappa shape index (κ1) is 14.6. The highest BCUT2D eigenvalue weighted by Gasteiger charge is 2.17. The fourth-order valence-corrected chi connectivity index (χ4v) is 3.67. The fourth-order valence-electron chi connectivity index (χ4n) is 3.67. The molecule has 3 rings (SSSR count). The number of rotatable bonds is 4. The Hall–Kier alpha value is -1.35. The Morgan fingerprint density at radius 2 is 2.10 bits per heavy atom. The van der Waals surface area contributed by atoms with Crippen LogP contribution in [0.2, 0.25) is 0 Å². The number of hydrogen-bond donors (Lipinski definition) is 2. The molecule has 3 heteroatoms. The summed E-state index contributed by atoms with van der Waals surface area (Å²) in [5.74, 6) is 0.964. The molecule has 0 atom stereocenters. The Kier molecular flexibility index (Phi) is 4.91. The van der Waals surface area contributed by atoms with Crippen LogP contribution in [0.1, 0.15) is 56.1 Å². The van der Waals surface area contributed by atoms with E-state index in [9.17, 15) is 4.79 Å². The summed E-state index contributed by atoms with van der Waals surface area (Å²) >= 11 is 0. The monoisotopic (exact) mass is 286 g/mol. The average Bonchev–Trinajstić information content (AvgIpc) is 2.54. The van der Waals surface area contributed by atoms with Gasteiger partial charge >= 0.3 is 0 Å². The third kappa shape index (κ3) is 3.85. The number of hydrogen-bond acceptors (Lipinski definition) is 2. The molecule has 1 saturated carbocycles. The second-order valence-electron chi connectivity index (χ2n) is 6.46. The zero-order valence-corrected chi connectivity index (χ0v) is 12.8. The molecule has 1 aromatic rings. The molecule has 2 aliphatic rings. The van der Waals surface area contributed by atoms with Crippen LogP contribution in [-0.4, -0.2) is 12.5 Å². The maximum Gasteiger partial charge on any atom is 0.224 e. The topological polar surface area (TPSA) is 41.1 Å². The van der Waals surface area contributed by atoms with Gasteiger partial charge in [0.2, 0.25) is 5.91 Å². The fraction of sp³-hybridized carbons (Fsp3) is 0.611. The molecule has 2 N–H and O–H groups in total. The normalized spacial score (nSPS) is 19.0. The molecule has 1 aliphatic carbocycles. The molecule has 0 aromatic heterocycles. The van der Waals surface area contributed by atoms with E-state index >= 15 is 0 Å². The molecule has 0 radical (unpaired) electrons. The molecule has 0 unspecified atom stereocenters. The average molecular weight is 286 g/mol. The number of fused-ring (bicyclic) bond motifs is 1. The maximum atomic E-state index is 12.2. The van der Waals surface area contributed by atoms with Gasteiger partial charge in [0.25, 0.3) is 0 Å². The van der Waals surface area contributed by atoms with Crippen LogP contribution < -0.4 is 10.6 Å². The zero-order chi connectivity index (χ0) is 14.5. The molecule has 1 aromatic carbocycles. The summed E-state index contributed by atoms with van der Waals surface area (Å²) < 4.78 is 0. The van der Waals surface area contributed by atoms with Crippen molar-refractivity contribution in [1.29, 1.82) is 0 Å². The van der Waals surface area contributed by atoms with Crippen molar-refractivity contribution in [3.63, 3.8) is 0 Å². The van der Waals surface area contributed by atoms with Gasteiger partial charge in [-0.05, 0) is 42.5 Å². The van der Waals surface area contributed by atoms with Crippen LogP contribution in [-0.2, 0) is 17.8 Å². The lowest BCUT2D eigenvalue weighted by atomic mass is 9.86. The largest absolute Gasteiger partial charge is 0.326 e. The lowest BCUT2D eigenvalue weighted by Gasteiger charge is -2.22. The first-order chi connectivity index (χ1) is 10.3. The lowest BCUT2D eigenvalue weighted by Crippen LogP contribution is -2.25. The maximum absolute atomic E-state index is 12.2. The first-order valence-electron chi connectivity index (χ1n) is 8.44. The summed E-state index contributed by atoms with van der Waals surface area (Å²) in [4.78, 5) is 12.2. The number of amides is 1. The molecule has 1 aliphatic heterocycles. The molecule has 1 fully saturated rings. The second kappa shape index (κ2) is 7.08. The Morgan fingerprint density at radius 3 is 2.95 bits per heavy atom. The summed E-state index contributed by atoms with van der Waals surface area (Å²) in [7, 11) is 0. The number of nitrogens with one attached hydrogen (secondary N) is 2. The minimum Gasteiger partial charge on any atom is -0.326 e. The second-order valence-corrected chi connectivity index (χ2v) is 6.46. The van der Waals surface area contributed by atoms with E-state index in [2.05, 4.69) is 16.7 Å². The molecule has 0 bridgehead atoms. The molecule has 0 spiro atoms. The van der Waals surface area contributed by atoms with Gasteiger partial charge in [-0.2, -0.15) is 0 Å². The van der Waals surface area contributed by atoms with Crippen LogP contribution in [0.3, 0.4) is 0 Å². The Morgan fingerprint density at radius 1 is 1.24 bits per heavy atom. The molecule has 114 valence electrons. The molecule has 1 amide bonds. The van der Waals surface area contributed by atoms with Crippen molar-refractivity contribution in [3.05, 3.63) is 29.3 Å². The summed E-state index contributed by atoms with van der Waals surface area (Å²) in [5.41, 5.74) is 3.68. The van der Waals surface area contributed by atoms with Gasteiger partial charge < -0.3 is 10.6 Å². The quantitative estimate of drug-likeness (QED) is 0.887. The van der Waals surface area contributed by atoms with Crippen LogP contribution in [0.15, 0.2) is 18.2 Å². The standard InChI is InChI=1S/C18H26N2O/c21-18(10-9-14-5-2-1-3-6-14)20-17-8-4-7-15-13-19-12-11-16(15)17/h4,7-8,14,19H,1-3,5-6,9-13H2,(H,20,21). The number of benzene rings is 1. The van der Waals surface area contributed by atoms with Gasteiger partial charge in [0, 0.05) is 18.7 Å². The minimum absolute atomic E-state index is 0.188. The lowest BCUT2D eigenvalue weighted by molar-refractivity contribution is -0.116. The van der Waals surface area contributed by atoms with Crippen molar-refractivity contribution in [2.75, 3.05) is 11.9 Å². The highest BCUT2D eigenvalue weighted by molar-refractivity contribution is 5.91. The van der Waals surface area contributed by atoms with Gasteiger partial charge in [0.05, 0.1) is 0 Å². The Balaban J connectivity index is 1.55. The molecular formula is C18H26N2O. The smallest absolute Gasteiger partial charge is 0.224 e. The Bertz CT molecular complexity index is 492. The van der Waals surface area contributed by atoms with E-state index in [4.69, 9.17) is 0 Å². The van der Waals surface area contributed by atoms with E-state index in [1.54, 1.807) is 0 Å². The first-order valence-corrected chi connectivity index (χ1v) is 8.44. The number of carbonyl (C=O) groups excluding carboxylic acids is 1. The van der Waals surface area contributed by atoms with Gasteiger partial charge in [-0.1, -0.05) is 44.2 Å². The van der Waals surface area contributed by atoms with Crippen LogP contribution in [0.4, 0.5) is 5.69 Å². The van der Waals surface area contributed by atoms with E-state index in [0.717, 1.165) is 37.5 Å². The number of carbonyl (C=O) groups is 1. The van der Waals surface area contributed by atoms with E-state index in [0.29, 0.717) is 6.42 Å². The predicted octanol–water partition coefficient (Wildman–Crippen LogP) is 3.63. The van der Waals surface area contributed by atoms with Gasteiger partial charge in [0.1, 0.15) is 0 Å². The molecule has 1 heterocycles. The van der Waals surface area contributed by atoms with Gasteiger partial charge in [-0.3, -0.25) is 4.79 Å². The molecule has 0 saturated heterocycles. The van der Waals surface area contributed by atoms with Crippen LogP contribution >= 0.6 is 0 Å². The molecule has 21 heavy (non-hydrogen) atoms. The number of anilines is 1. The summed E-state index contributed by atoms with van der Waals surface area (Å²) in [6.07, 6.45) is 9.46. The zero-order valence-electron chi connectivity index (χ0n) is 12.8. The predicted molar refractivity (Wildman–Crippen MR) is 86.3 cm³/mol. The molecular weight excluding hydrogens is 260 g/mol. The summed E-state index contributed by atoms with van der Waals surface area (Å²) in [6, 6.07) is 6.24.